The molecule has 100 valence electrons. The van der Waals surface area contributed by atoms with Crippen molar-refractivity contribution >= 4 is 39.1 Å². The molecule has 0 aromatic carbocycles. The van der Waals surface area contributed by atoms with E-state index in [1.165, 1.54) is 11.3 Å². The van der Waals surface area contributed by atoms with Crippen LogP contribution in [0.5, 0.6) is 0 Å². The van der Waals surface area contributed by atoms with E-state index in [0.29, 0.717) is 18.7 Å². The second-order valence-electron chi connectivity index (χ2n) is 3.85. The second kappa shape index (κ2) is 6.89. The topological polar surface area (TPSA) is 49.4 Å². The third kappa shape index (κ3) is 3.81. The maximum Gasteiger partial charge on any atom is 0.252 e. The molecule has 0 saturated carbocycles. The average Bonchev–Trinajstić information content (AvgIpc) is 2.77. The molecule has 2 amide bonds. The van der Waals surface area contributed by atoms with Crippen molar-refractivity contribution in [3.05, 3.63) is 20.8 Å². The fourth-order valence-electron chi connectivity index (χ4n) is 1.58. The first kappa shape index (κ1) is 15.2. The molecule has 0 aliphatic carbocycles. The zero-order valence-corrected chi connectivity index (χ0v) is 13.1. The van der Waals surface area contributed by atoms with Crippen LogP contribution in [0.3, 0.4) is 0 Å². The summed E-state index contributed by atoms with van der Waals surface area (Å²) in [5, 5.41) is 4.47. The Kier molecular flexibility index (Phi) is 5.81. The summed E-state index contributed by atoms with van der Waals surface area (Å²) < 4.78 is 0.898. The molecule has 0 bridgehead atoms. The van der Waals surface area contributed by atoms with Gasteiger partial charge in [-0.25, -0.2) is 0 Å². The summed E-state index contributed by atoms with van der Waals surface area (Å²) in [7, 11) is 0. The molecule has 1 heterocycles. The highest BCUT2D eigenvalue weighted by Crippen LogP contribution is 2.20. The number of nitrogens with one attached hydrogen (secondary N) is 1. The quantitative estimate of drug-likeness (QED) is 0.900. The largest absolute Gasteiger partial charge is 0.341 e. The number of hydrogen-bond donors (Lipinski definition) is 1. The Labute approximate surface area is 119 Å². The van der Waals surface area contributed by atoms with E-state index in [1.807, 2.05) is 13.8 Å². The second-order valence-corrected chi connectivity index (χ2v) is 6.14. The lowest BCUT2D eigenvalue weighted by atomic mass is 10.2. The number of carbonyl (C=O) groups excluding carboxylic acids is 2. The third-order valence-corrected chi connectivity index (χ3v) is 4.13. The van der Waals surface area contributed by atoms with Crippen LogP contribution in [-0.4, -0.2) is 35.8 Å². The first-order valence-electron chi connectivity index (χ1n) is 5.83. The molecule has 1 aromatic rings. The van der Waals surface area contributed by atoms with Gasteiger partial charge in [0.2, 0.25) is 5.91 Å². The standard InChI is InChI=1S/C12H17BrN2O2S/c1-4-15(5-2)12(17)8(3)14-11(16)9-6-10(13)18-7-9/h6-8H,4-5H2,1-3H3,(H,14,16). The van der Waals surface area contributed by atoms with Crippen LogP contribution in [0.4, 0.5) is 0 Å². The SMILES string of the molecule is CCN(CC)C(=O)C(C)NC(=O)c1csc(Br)c1. The van der Waals surface area contributed by atoms with Crippen LogP contribution in [0.2, 0.25) is 0 Å². The average molecular weight is 333 g/mol. The summed E-state index contributed by atoms with van der Waals surface area (Å²) in [6.07, 6.45) is 0. The van der Waals surface area contributed by atoms with Gasteiger partial charge >= 0.3 is 0 Å². The molecule has 0 saturated heterocycles. The van der Waals surface area contributed by atoms with Crippen molar-refractivity contribution in [2.24, 2.45) is 0 Å². The monoisotopic (exact) mass is 332 g/mol. The molecule has 0 spiro atoms. The summed E-state index contributed by atoms with van der Waals surface area (Å²) in [5.41, 5.74) is 0.575. The van der Waals surface area contributed by atoms with Gasteiger partial charge in [0.25, 0.3) is 5.91 Å². The Morgan fingerprint density at radius 2 is 2.06 bits per heavy atom. The minimum Gasteiger partial charge on any atom is -0.341 e. The molecule has 0 fully saturated rings. The molecule has 1 N–H and O–H groups in total. The number of amides is 2. The summed E-state index contributed by atoms with van der Waals surface area (Å²) in [5.74, 6) is -0.271. The zero-order chi connectivity index (χ0) is 13.7. The molecular formula is C12H17BrN2O2S. The minimum atomic E-state index is -0.504. The van der Waals surface area contributed by atoms with Gasteiger partial charge in [-0.3, -0.25) is 9.59 Å². The molecular weight excluding hydrogens is 316 g/mol. The van der Waals surface area contributed by atoms with Gasteiger partial charge in [0.05, 0.1) is 9.35 Å². The predicted molar refractivity (Wildman–Crippen MR) is 76.9 cm³/mol. The van der Waals surface area contributed by atoms with Gasteiger partial charge in [0.15, 0.2) is 0 Å². The predicted octanol–water partition coefficient (Wildman–Crippen LogP) is 2.50. The van der Waals surface area contributed by atoms with E-state index in [-0.39, 0.29) is 11.8 Å². The van der Waals surface area contributed by atoms with Crippen LogP contribution < -0.4 is 5.32 Å². The van der Waals surface area contributed by atoms with Crippen LogP contribution in [0, 0.1) is 0 Å². The first-order valence-corrected chi connectivity index (χ1v) is 7.50. The highest BCUT2D eigenvalue weighted by atomic mass is 79.9. The fourth-order valence-corrected chi connectivity index (χ4v) is 2.72. The summed E-state index contributed by atoms with van der Waals surface area (Å²) in [4.78, 5) is 25.6. The van der Waals surface area contributed by atoms with Crippen LogP contribution in [0.25, 0.3) is 0 Å². The van der Waals surface area contributed by atoms with E-state index in [0.717, 1.165) is 3.79 Å². The van der Waals surface area contributed by atoms with Crippen molar-refractivity contribution in [3.8, 4) is 0 Å². The highest BCUT2D eigenvalue weighted by molar-refractivity contribution is 9.11. The molecule has 1 rings (SSSR count). The van der Waals surface area contributed by atoms with E-state index >= 15 is 0 Å². The maximum absolute atomic E-state index is 12.0. The van der Waals surface area contributed by atoms with Gasteiger partial charge in [0.1, 0.15) is 6.04 Å². The lowest BCUT2D eigenvalue weighted by Crippen LogP contribution is -2.46. The fraction of sp³-hybridized carbons (Fsp3) is 0.500. The lowest BCUT2D eigenvalue weighted by Gasteiger charge is -2.23. The maximum atomic E-state index is 12.0. The Balaban J connectivity index is 2.62. The van der Waals surface area contributed by atoms with Crippen LogP contribution in [0.15, 0.2) is 15.2 Å². The van der Waals surface area contributed by atoms with Gasteiger partial charge in [-0.05, 0) is 42.8 Å². The number of thiophene rings is 1. The molecule has 1 aromatic heterocycles. The van der Waals surface area contributed by atoms with Crippen molar-refractivity contribution in [3.63, 3.8) is 0 Å². The van der Waals surface area contributed by atoms with Crippen molar-refractivity contribution in [2.75, 3.05) is 13.1 Å². The molecule has 1 unspecified atom stereocenters. The van der Waals surface area contributed by atoms with Gasteiger partial charge in [0, 0.05) is 18.5 Å². The minimum absolute atomic E-state index is 0.0531. The number of nitrogens with zero attached hydrogens (tertiary/aromatic N) is 1. The van der Waals surface area contributed by atoms with Gasteiger partial charge in [-0.1, -0.05) is 0 Å². The Morgan fingerprint density at radius 3 is 2.50 bits per heavy atom. The van der Waals surface area contributed by atoms with Gasteiger partial charge in [-0.15, -0.1) is 11.3 Å². The third-order valence-electron chi connectivity index (χ3n) is 2.62. The van der Waals surface area contributed by atoms with Gasteiger partial charge in [-0.2, -0.15) is 0 Å². The van der Waals surface area contributed by atoms with Crippen molar-refractivity contribution in [1.82, 2.24) is 10.2 Å². The highest BCUT2D eigenvalue weighted by Gasteiger charge is 2.20. The van der Waals surface area contributed by atoms with E-state index in [1.54, 1.807) is 23.3 Å². The van der Waals surface area contributed by atoms with Crippen LogP contribution in [0.1, 0.15) is 31.1 Å². The van der Waals surface area contributed by atoms with E-state index in [4.69, 9.17) is 0 Å². The molecule has 18 heavy (non-hydrogen) atoms. The van der Waals surface area contributed by atoms with Crippen molar-refractivity contribution in [2.45, 2.75) is 26.8 Å². The van der Waals surface area contributed by atoms with E-state index < -0.39 is 6.04 Å². The lowest BCUT2D eigenvalue weighted by molar-refractivity contribution is -0.132. The van der Waals surface area contributed by atoms with Crippen LogP contribution in [-0.2, 0) is 4.79 Å². The van der Waals surface area contributed by atoms with Crippen LogP contribution >= 0.6 is 27.3 Å². The number of halogens is 1. The molecule has 0 aliphatic rings. The molecule has 1 atom stereocenters. The Hall–Kier alpha value is -0.880. The van der Waals surface area contributed by atoms with E-state index in [9.17, 15) is 9.59 Å². The number of carbonyl (C=O) groups is 2. The first-order chi connectivity index (χ1) is 8.49. The summed E-state index contributed by atoms with van der Waals surface area (Å²) in [6, 6.07) is 1.24. The number of likely N-dealkylation sites (N-methyl/N-ethyl adjacent to an activating group) is 1. The molecule has 4 nitrogen and oxygen atoms in total. The number of hydrogen-bond acceptors (Lipinski definition) is 3. The number of rotatable bonds is 5. The summed E-state index contributed by atoms with van der Waals surface area (Å²) in [6.45, 7) is 6.86. The Morgan fingerprint density at radius 1 is 1.44 bits per heavy atom. The molecule has 6 heteroatoms. The van der Waals surface area contributed by atoms with E-state index in [2.05, 4.69) is 21.2 Å². The molecule has 0 aliphatic heterocycles. The Bertz CT molecular complexity index is 429. The smallest absolute Gasteiger partial charge is 0.252 e. The zero-order valence-electron chi connectivity index (χ0n) is 10.7. The normalized spacial score (nSPS) is 12.0. The summed E-state index contributed by atoms with van der Waals surface area (Å²) >= 11 is 4.75. The van der Waals surface area contributed by atoms with Crippen molar-refractivity contribution < 1.29 is 9.59 Å². The molecule has 0 radical (unpaired) electrons. The van der Waals surface area contributed by atoms with Gasteiger partial charge < -0.3 is 10.2 Å². The van der Waals surface area contributed by atoms with Crippen molar-refractivity contribution in [1.29, 1.82) is 0 Å².